The first-order chi connectivity index (χ1) is 19.1. The van der Waals surface area contributed by atoms with E-state index in [1.807, 2.05) is 27.7 Å². The van der Waals surface area contributed by atoms with Crippen molar-refractivity contribution in [2.75, 3.05) is 7.11 Å². The molecule has 2 saturated heterocycles. The molecule has 1 aromatic heterocycles. The Bertz CT molecular complexity index is 1270. The number of esters is 4. The molecule has 0 amide bonds. The molecule has 3 heterocycles. The summed E-state index contributed by atoms with van der Waals surface area (Å²) in [5.41, 5.74) is -2.25. The summed E-state index contributed by atoms with van der Waals surface area (Å²) < 4.78 is 35.5. The molecule has 9 atom stereocenters. The molecule has 5 rings (SSSR count). The molecule has 0 unspecified atom stereocenters. The lowest BCUT2D eigenvalue weighted by atomic mass is 9.40. The van der Waals surface area contributed by atoms with E-state index in [0.29, 0.717) is 24.0 Å². The fourth-order valence-electron chi connectivity index (χ4n) is 8.87. The first kappa shape index (κ1) is 29.4. The highest BCUT2D eigenvalue weighted by atomic mass is 16.6. The predicted octanol–water partition coefficient (Wildman–Crippen LogP) is 4.47. The van der Waals surface area contributed by atoms with E-state index < -0.39 is 82.0 Å². The zero-order valence-electron chi connectivity index (χ0n) is 24.8. The number of fused-ring (bicyclic) bond motifs is 3. The van der Waals surface area contributed by atoms with E-state index in [4.69, 9.17) is 28.1 Å². The smallest absolute Gasteiger partial charge is 0.309 e. The molecular formula is C31H40O10. The van der Waals surface area contributed by atoms with Gasteiger partial charge in [-0.1, -0.05) is 34.3 Å². The van der Waals surface area contributed by atoms with Gasteiger partial charge in [-0.15, -0.1) is 0 Å². The third-order valence-corrected chi connectivity index (χ3v) is 10.7. The second-order valence-electron chi connectivity index (χ2n) is 13.2. The summed E-state index contributed by atoms with van der Waals surface area (Å²) in [7, 11) is 1.34. The monoisotopic (exact) mass is 572 g/mol. The highest BCUT2D eigenvalue weighted by molar-refractivity contribution is 5.75. The van der Waals surface area contributed by atoms with Crippen molar-refractivity contribution < 1.29 is 47.3 Å². The summed E-state index contributed by atoms with van der Waals surface area (Å²) in [4.78, 5) is 51.0. The molecule has 224 valence electrons. The van der Waals surface area contributed by atoms with Gasteiger partial charge in [-0.3, -0.25) is 19.2 Å². The van der Waals surface area contributed by atoms with Crippen molar-refractivity contribution in [3.63, 3.8) is 0 Å². The van der Waals surface area contributed by atoms with Crippen LogP contribution in [0.1, 0.15) is 78.9 Å². The Labute approximate surface area is 240 Å². The lowest BCUT2D eigenvalue weighted by molar-refractivity contribution is -0.329. The molecule has 1 spiro atoms. The Hall–Kier alpha value is -3.14. The van der Waals surface area contributed by atoms with Crippen LogP contribution in [0.5, 0.6) is 0 Å². The fraction of sp³-hybridized carbons (Fsp3) is 0.677. The predicted molar refractivity (Wildman–Crippen MR) is 143 cm³/mol. The molecule has 10 nitrogen and oxygen atoms in total. The molecular weight excluding hydrogens is 532 g/mol. The lowest BCUT2D eigenvalue weighted by Crippen LogP contribution is -2.76. The molecule has 10 heteroatoms. The molecule has 0 radical (unpaired) electrons. The van der Waals surface area contributed by atoms with Crippen molar-refractivity contribution in [1.29, 1.82) is 0 Å². The van der Waals surface area contributed by atoms with Gasteiger partial charge in [-0.2, -0.15) is 0 Å². The highest BCUT2D eigenvalue weighted by Crippen LogP contribution is 2.72. The van der Waals surface area contributed by atoms with Crippen molar-refractivity contribution in [3.05, 3.63) is 36.3 Å². The molecule has 2 aliphatic carbocycles. The van der Waals surface area contributed by atoms with E-state index in [2.05, 4.69) is 6.58 Å². The minimum Gasteiger partial charge on any atom is -0.472 e. The number of hydrogen-bond acceptors (Lipinski definition) is 10. The third kappa shape index (κ3) is 4.15. The van der Waals surface area contributed by atoms with Gasteiger partial charge in [-0.25, -0.2) is 0 Å². The van der Waals surface area contributed by atoms with Crippen LogP contribution >= 0.6 is 0 Å². The number of ether oxygens (including phenoxy) is 5. The Morgan fingerprint density at radius 3 is 2.37 bits per heavy atom. The van der Waals surface area contributed by atoms with Crippen molar-refractivity contribution >= 4 is 23.9 Å². The molecule has 0 N–H and O–H groups in total. The van der Waals surface area contributed by atoms with Crippen molar-refractivity contribution in [2.45, 2.75) is 97.2 Å². The number of carbonyl (C=O) groups is 4. The number of methoxy groups -OCH3 is 1. The number of cyclic esters (lactones) is 1. The fourth-order valence-corrected chi connectivity index (χ4v) is 8.87. The largest absolute Gasteiger partial charge is 0.472 e. The van der Waals surface area contributed by atoms with Gasteiger partial charge in [0.1, 0.15) is 23.9 Å². The minimum absolute atomic E-state index is 0.0259. The van der Waals surface area contributed by atoms with Gasteiger partial charge in [-0.05, 0) is 24.0 Å². The normalized spacial score (nSPS) is 40.9. The van der Waals surface area contributed by atoms with Crippen LogP contribution in [0.4, 0.5) is 0 Å². The average Bonchev–Trinajstić information content (AvgIpc) is 3.39. The molecule has 4 fully saturated rings. The molecule has 0 aromatic carbocycles. The van der Waals surface area contributed by atoms with Gasteiger partial charge in [0.2, 0.25) is 0 Å². The number of carbonyl (C=O) groups excluding carboxylic acids is 4. The molecule has 2 bridgehead atoms. The van der Waals surface area contributed by atoms with Gasteiger partial charge in [0.25, 0.3) is 0 Å². The summed E-state index contributed by atoms with van der Waals surface area (Å²) in [6.45, 7) is 15.2. The van der Waals surface area contributed by atoms with Gasteiger partial charge in [0.05, 0.1) is 32.2 Å². The first-order valence-electron chi connectivity index (χ1n) is 14.1. The zero-order chi connectivity index (χ0) is 30.1. The van der Waals surface area contributed by atoms with E-state index in [-0.39, 0.29) is 12.8 Å². The van der Waals surface area contributed by atoms with Crippen LogP contribution in [-0.4, -0.2) is 54.9 Å². The Balaban J connectivity index is 1.72. The average molecular weight is 573 g/mol. The van der Waals surface area contributed by atoms with Crippen LogP contribution in [-0.2, 0) is 42.9 Å². The minimum atomic E-state index is -1.17. The SMILES string of the molecule is C=C1[C@H]2[C@@H](OC(C)=O)C[C@]3(C)[C@@H](c4ccoc4)OC(=O)C[C@@]13O[C@@H]1C[C@H](OC(C)=O)C(C)(C)[C@@H](CC(=O)OC)[C@@]12C. The van der Waals surface area contributed by atoms with E-state index in [1.165, 1.54) is 33.5 Å². The van der Waals surface area contributed by atoms with Crippen LogP contribution in [0.25, 0.3) is 0 Å². The van der Waals surface area contributed by atoms with Crippen molar-refractivity contribution in [2.24, 2.45) is 28.1 Å². The molecule has 1 aromatic rings. The molecule has 2 saturated carbocycles. The summed E-state index contributed by atoms with van der Waals surface area (Å²) in [5.74, 6) is -2.64. The van der Waals surface area contributed by atoms with E-state index in [9.17, 15) is 19.2 Å². The highest BCUT2D eigenvalue weighted by Gasteiger charge is 2.76. The van der Waals surface area contributed by atoms with Crippen LogP contribution in [0.15, 0.2) is 35.2 Å². The van der Waals surface area contributed by atoms with Crippen LogP contribution < -0.4 is 0 Å². The van der Waals surface area contributed by atoms with Gasteiger partial charge < -0.3 is 28.1 Å². The van der Waals surface area contributed by atoms with E-state index >= 15 is 0 Å². The van der Waals surface area contributed by atoms with E-state index in [0.717, 1.165) is 0 Å². The maximum atomic E-state index is 13.3. The van der Waals surface area contributed by atoms with E-state index in [1.54, 1.807) is 6.07 Å². The topological polar surface area (TPSA) is 128 Å². The van der Waals surface area contributed by atoms with Gasteiger partial charge in [0, 0.05) is 54.4 Å². The van der Waals surface area contributed by atoms with Gasteiger partial charge >= 0.3 is 23.9 Å². The Kier molecular flexibility index (Phi) is 6.95. The molecule has 2 aliphatic heterocycles. The summed E-state index contributed by atoms with van der Waals surface area (Å²) in [6, 6.07) is 1.75. The molecule has 41 heavy (non-hydrogen) atoms. The summed E-state index contributed by atoms with van der Waals surface area (Å²) in [6.07, 6.45) is 1.07. The quantitative estimate of drug-likeness (QED) is 0.283. The van der Waals surface area contributed by atoms with Crippen molar-refractivity contribution in [3.8, 4) is 0 Å². The maximum absolute atomic E-state index is 13.3. The van der Waals surface area contributed by atoms with Crippen LogP contribution in [0.3, 0.4) is 0 Å². The molecule has 4 aliphatic rings. The summed E-state index contributed by atoms with van der Waals surface area (Å²) >= 11 is 0. The van der Waals surface area contributed by atoms with Gasteiger partial charge in [0.15, 0.2) is 0 Å². The third-order valence-electron chi connectivity index (χ3n) is 10.7. The van der Waals surface area contributed by atoms with Crippen molar-refractivity contribution in [1.82, 2.24) is 0 Å². The standard InChI is InChI=1S/C31H40O10/c1-16-26-20(38-17(2)32)13-29(6)27(19-9-10-37-15-19)40-25(35)14-31(16,29)41-23-12-22(39-18(3)33)28(4,5)21(30(23,26)7)11-24(34)36-8/h9-10,15,20-23,26-27H,1,11-14H2,2-8H3/t20-,21+,22-,23+,26-,27+,29+,30-,31+/m0/s1. The number of furan rings is 1. The zero-order valence-corrected chi connectivity index (χ0v) is 24.8. The van der Waals surface area contributed by atoms with Crippen LogP contribution in [0, 0.1) is 28.1 Å². The second-order valence-corrected chi connectivity index (χ2v) is 13.2. The summed E-state index contributed by atoms with van der Waals surface area (Å²) in [5, 5.41) is 0. The number of hydrogen-bond donors (Lipinski definition) is 0. The first-order valence-corrected chi connectivity index (χ1v) is 14.1. The second kappa shape index (κ2) is 9.71. The van der Waals surface area contributed by atoms with Crippen LogP contribution in [0.2, 0.25) is 0 Å². The lowest BCUT2D eigenvalue weighted by Gasteiger charge is -2.72. The Morgan fingerprint density at radius 2 is 1.78 bits per heavy atom. The maximum Gasteiger partial charge on any atom is 0.309 e. The Morgan fingerprint density at radius 1 is 1.10 bits per heavy atom. The number of rotatable bonds is 5.